The maximum absolute atomic E-state index is 12.5. The number of alkyl halides is 3. The third-order valence-corrected chi connectivity index (χ3v) is 6.02. The molecule has 28 heavy (non-hydrogen) atoms. The number of likely N-dealkylation sites (tertiary alicyclic amines) is 1. The zero-order valence-electron chi connectivity index (χ0n) is 15.3. The quantitative estimate of drug-likeness (QED) is 0.755. The van der Waals surface area contributed by atoms with E-state index in [2.05, 4.69) is 9.64 Å². The molecule has 0 unspecified atom stereocenters. The molecule has 1 aliphatic heterocycles. The molecule has 1 heterocycles. The minimum Gasteiger partial charge on any atom is -0.406 e. The molecule has 4 rings (SSSR count). The number of halogens is 4. The number of ether oxygens (including phenoxy) is 1. The fourth-order valence-corrected chi connectivity index (χ4v) is 4.44. The fraction of sp³-hybridized carbons (Fsp3) is 0.429. The van der Waals surface area contributed by atoms with Crippen LogP contribution in [0.1, 0.15) is 30.9 Å². The minimum absolute atomic E-state index is 0.317. The van der Waals surface area contributed by atoms with Crippen molar-refractivity contribution in [3.63, 3.8) is 0 Å². The molecule has 2 aliphatic rings. The summed E-state index contributed by atoms with van der Waals surface area (Å²) in [6.07, 6.45) is -2.40. The Kier molecular flexibility index (Phi) is 4.64. The van der Waals surface area contributed by atoms with Crippen LogP contribution in [-0.4, -0.2) is 35.5 Å². The Hall–Kier alpha value is -1.76. The van der Waals surface area contributed by atoms with Gasteiger partial charge in [0.25, 0.3) is 0 Å². The van der Waals surface area contributed by atoms with E-state index in [-0.39, 0.29) is 5.75 Å². The predicted molar refractivity (Wildman–Crippen MR) is 100 cm³/mol. The summed E-state index contributed by atoms with van der Waals surface area (Å²) in [5, 5.41) is 12.4. The van der Waals surface area contributed by atoms with Crippen LogP contribution in [0.15, 0.2) is 48.5 Å². The van der Waals surface area contributed by atoms with Crippen molar-refractivity contribution >= 4 is 11.6 Å². The lowest BCUT2D eigenvalue weighted by Crippen LogP contribution is -2.65. The van der Waals surface area contributed by atoms with Crippen LogP contribution in [0.25, 0.3) is 0 Å². The smallest absolute Gasteiger partial charge is 0.406 e. The monoisotopic (exact) mass is 411 g/mol. The average molecular weight is 412 g/mol. The predicted octanol–water partition coefficient (Wildman–Crippen LogP) is 4.96. The Morgan fingerprint density at radius 2 is 1.71 bits per heavy atom. The molecule has 0 aromatic heterocycles. The molecule has 1 atom stereocenters. The number of nitrogens with zero attached hydrogens (tertiary/aromatic N) is 1. The van der Waals surface area contributed by atoms with Crippen molar-refractivity contribution in [1.29, 1.82) is 0 Å². The minimum atomic E-state index is -4.75. The molecule has 1 saturated heterocycles. The van der Waals surface area contributed by atoms with Crippen molar-refractivity contribution < 1.29 is 23.0 Å². The summed E-state index contributed by atoms with van der Waals surface area (Å²) in [5.74, 6) is -0.317. The van der Waals surface area contributed by atoms with Crippen molar-refractivity contribution in [2.45, 2.75) is 37.8 Å². The molecule has 7 heteroatoms. The van der Waals surface area contributed by atoms with Crippen molar-refractivity contribution in [3.05, 3.63) is 64.7 Å². The molecule has 0 bridgehead atoms. The van der Waals surface area contributed by atoms with Gasteiger partial charge in [-0.15, -0.1) is 13.2 Å². The Morgan fingerprint density at radius 3 is 2.25 bits per heavy atom. The number of hydrogen-bond acceptors (Lipinski definition) is 3. The summed E-state index contributed by atoms with van der Waals surface area (Å²) >= 11 is 6.17. The first kappa shape index (κ1) is 19.6. The molecule has 2 aromatic carbocycles. The third kappa shape index (κ3) is 3.49. The van der Waals surface area contributed by atoms with Gasteiger partial charge in [0.15, 0.2) is 0 Å². The summed E-state index contributed by atoms with van der Waals surface area (Å²) in [4.78, 5) is 2.34. The second kappa shape index (κ2) is 6.65. The molecule has 150 valence electrons. The highest BCUT2D eigenvalue weighted by molar-refractivity contribution is 6.30. The van der Waals surface area contributed by atoms with E-state index >= 15 is 0 Å². The molecular formula is C21H21ClF3NO2. The van der Waals surface area contributed by atoms with Crippen LogP contribution in [0.5, 0.6) is 5.75 Å². The lowest BCUT2D eigenvalue weighted by molar-refractivity contribution is -0.274. The largest absolute Gasteiger partial charge is 0.573 e. The topological polar surface area (TPSA) is 32.7 Å². The second-order valence-electron chi connectivity index (χ2n) is 7.99. The van der Waals surface area contributed by atoms with Crippen LogP contribution < -0.4 is 4.74 Å². The van der Waals surface area contributed by atoms with Gasteiger partial charge in [0.1, 0.15) is 11.4 Å². The van der Waals surface area contributed by atoms with Gasteiger partial charge in [-0.25, -0.2) is 0 Å². The van der Waals surface area contributed by atoms with E-state index in [1.54, 1.807) is 24.3 Å². The van der Waals surface area contributed by atoms with Gasteiger partial charge in [-0.3, -0.25) is 4.90 Å². The summed E-state index contributed by atoms with van der Waals surface area (Å²) < 4.78 is 41.4. The molecule has 3 nitrogen and oxygen atoms in total. The van der Waals surface area contributed by atoms with Crippen molar-refractivity contribution in [3.8, 4) is 5.75 Å². The van der Waals surface area contributed by atoms with Crippen molar-refractivity contribution in [2.24, 2.45) is 5.41 Å². The first-order valence-corrected chi connectivity index (χ1v) is 9.57. The molecule has 0 amide bonds. The maximum atomic E-state index is 12.5. The Morgan fingerprint density at radius 1 is 1.07 bits per heavy atom. The summed E-state index contributed by atoms with van der Waals surface area (Å²) in [7, 11) is 0. The number of aliphatic hydroxyl groups is 1. The van der Waals surface area contributed by atoms with Crippen molar-refractivity contribution in [1.82, 2.24) is 4.90 Å². The van der Waals surface area contributed by atoms with E-state index in [1.165, 1.54) is 37.1 Å². The Labute approximate surface area is 166 Å². The van der Waals surface area contributed by atoms with Gasteiger partial charge in [0, 0.05) is 29.6 Å². The van der Waals surface area contributed by atoms with Gasteiger partial charge >= 0.3 is 6.36 Å². The van der Waals surface area contributed by atoms with Gasteiger partial charge in [-0.1, -0.05) is 42.8 Å². The molecule has 2 aromatic rings. The van der Waals surface area contributed by atoms with E-state index in [1.807, 2.05) is 6.92 Å². The number of hydrogen-bond donors (Lipinski definition) is 1. The highest BCUT2D eigenvalue weighted by Crippen LogP contribution is 2.53. The van der Waals surface area contributed by atoms with Crippen LogP contribution >= 0.6 is 11.6 Å². The van der Waals surface area contributed by atoms with Gasteiger partial charge < -0.3 is 9.84 Å². The normalized spacial score (nSPS) is 21.6. The molecule has 2 fully saturated rings. The molecular weight excluding hydrogens is 391 g/mol. The average Bonchev–Trinajstić information content (AvgIpc) is 3.42. The van der Waals surface area contributed by atoms with Crippen molar-refractivity contribution in [2.75, 3.05) is 13.1 Å². The zero-order chi connectivity index (χ0) is 20.2. The molecule has 1 aliphatic carbocycles. The van der Waals surface area contributed by atoms with Crippen LogP contribution in [0.2, 0.25) is 5.02 Å². The number of rotatable bonds is 5. The highest BCUT2D eigenvalue weighted by atomic mass is 35.5. The van der Waals surface area contributed by atoms with Gasteiger partial charge in [-0.05, 0) is 48.2 Å². The Bertz CT molecular complexity index is 861. The summed E-state index contributed by atoms with van der Waals surface area (Å²) in [6, 6.07) is 13.1. The lowest BCUT2D eigenvalue weighted by Gasteiger charge is -2.57. The first-order valence-electron chi connectivity index (χ1n) is 9.19. The maximum Gasteiger partial charge on any atom is 0.573 e. The van der Waals surface area contributed by atoms with Gasteiger partial charge in [-0.2, -0.15) is 0 Å². The molecule has 0 spiro atoms. The van der Waals surface area contributed by atoms with Crippen LogP contribution in [0, 0.1) is 5.41 Å². The van der Waals surface area contributed by atoms with E-state index in [0.717, 1.165) is 0 Å². The number of benzene rings is 2. The zero-order valence-corrected chi connectivity index (χ0v) is 16.1. The third-order valence-electron chi connectivity index (χ3n) is 5.79. The highest BCUT2D eigenvalue weighted by Gasteiger charge is 2.58. The van der Waals surface area contributed by atoms with Gasteiger partial charge in [0.05, 0.1) is 0 Å². The van der Waals surface area contributed by atoms with Gasteiger partial charge in [0.2, 0.25) is 0 Å². The summed E-state index contributed by atoms with van der Waals surface area (Å²) in [6.45, 7) is 3.43. The molecule has 1 N–H and O–H groups in total. The van der Waals surface area contributed by atoms with Crippen LogP contribution in [0.3, 0.4) is 0 Å². The molecule has 1 saturated carbocycles. The van der Waals surface area contributed by atoms with E-state index in [4.69, 9.17) is 11.6 Å². The molecule has 0 radical (unpaired) electrons. The fourth-order valence-electron chi connectivity index (χ4n) is 4.25. The Balaban J connectivity index is 1.71. The second-order valence-corrected chi connectivity index (χ2v) is 8.43. The van der Waals surface area contributed by atoms with E-state index in [0.29, 0.717) is 35.3 Å². The van der Waals surface area contributed by atoms with Crippen LogP contribution in [-0.2, 0) is 5.60 Å². The standard InChI is InChI=1S/C21H21ClF3NO2/c1-19(12-26(13-19)17-7-8-17)20(27,15-3-2-4-16(22)11-15)14-5-9-18(10-6-14)28-21(23,24)25/h2-6,9-11,17,27H,7-8,12-13H2,1H3/t20-/m0/s1. The van der Waals surface area contributed by atoms with Crippen LogP contribution in [0.4, 0.5) is 13.2 Å². The first-order chi connectivity index (χ1) is 13.1. The lowest BCUT2D eigenvalue weighted by atomic mass is 9.61. The summed E-state index contributed by atoms with van der Waals surface area (Å²) in [5.41, 5.74) is -0.739. The van der Waals surface area contributed by atoms with E-state index in [9.17, 15) is 18.3 Å². The SMILES string of the molecule is CC1([C@](O)(c2ccc(OC(F)(F)F)cc2)c2cccc(Cl)c2)CN(C2CC2)C1. The van der Waals surface area contributed by atoms with E-state index < -0.39 is 17.4 Å².